The molecule has 4 heteroatoms. The molecule has 1 aliphatic heterocycles. The summed E-state index contributed by atoms with van der Waals surface area (Å²) in [5.74, 6) is 0. The molecule has 1 saturated heterocycles. The molecule has 0 unspecified atom stereocenters. The highest BCUT2D eigenvalue weighted by Crippen LogP contribution is 2.06. The normalized spacial score (nSPS) is 34.0. The van der Waals surface area contributed by atoms with Gasteiger partial charge in [0.2, 0.25) is 0 Å². The number of ether oxygens (including phenoxy) is 1. The average molecular weight is 156 g/mol. The van der Waals surface area contributed by atoms with Gasteiger partial charge in [0.1, 0.15) is 12.3 Å². The second kappa shape index (κ2) is 4.04. The Morgan fingerprint density at radius 1 is 1.56 bits per heavy atom. The minimum Gasteiger partial charge on any atom is -0.377 e. The van der Waals surface area contributed by atoms with E-state index in [1.807, 2.05) is 0 Å². The van der Waals surface area contributed by atoms with E-state index < -0.39 is 6.17 Å². The highest BCUT2D eigenvalue weighted by molar-refractivity contribution is 5.85. The van der Waals surface area contributed by atoms with Crippen LogP contribution in [0.2, 0.25) is 0 Å². The van der Waals surface area contributed by atoms with Crippen LogP contribution in [-0.4, -0.2) is 32.5 Å². The van der Waals surface area contributed by atoms with Crippen LogP contribution < -0.4 is 5.32 Å². The van der Waals surface area contributed by atoms with Gasteiger partial charge in [0.15, 0.2) is 0 Å². The lowest BCUT2D eigenvalue weighted by atomic mass is 10.3. The molecule has 0 radical (unpaired) electrons. The van der Waals surface area contributed by atoms with Crippen LogP contribution in [0.4, 0.5) is 4.39 Å². The van der Waals surface area contributed by atoms with Crippen molar-refractivity contribution in [1.82, 2.24) is 5.32 Å². The van der Waals surface area contributed by atoms with Crippen molar-refractivity contribution in [1.29, 1.82) is 0 Å². The molecule has 1 rings (SSSR count). The first-order valence-corrected chi connectivity index (χ1v) is 2.72. The number of halogens is 2. The van der Waals surface area contributed by atoms with Crippen molar-refractivity contribution in [2.45, 2.75) is 12.3 Å². The van der Waals surface area contributed by atoms with Gasteiger partial charge < -0.3 is 10.1 Å². The van der Waals surface area contributed by atoms with Crippen LogP contribution in [0.15, 0.2) is 0 Å². The maximum atomic E-state index is 12.4. The number of alkyl halides is 1. The minimum absolute atomic E-state index is 0. The van der Waals surface area contributed by atoms with E-state index >= 15 is 0 Å². The Morgan fingerprint density at radius 2 is 2.22 bits per heavy atom. The molecular formula is C5H11ClFNO. The van der Waals surface area contributed by atoms with E-state index in [1.165, 1.54) is 7.11 Å². The van der Waals surface area contributed by atoms with Crippen molar-refractivity contribution < 1.29 is 9.13 Å². The van der Waals surface area contributed by atoms with Gasteiger partial charge in [-0.15, -0.1) is 12.4 Å². The van der Waals surface area contributed by atoms with Crippen LogP contribution in [0.1, 0.15) is 0 Å². The molecule has 0 aliphatic carbocycles. The van der Waals surface area contributed by atoms with E-state index in [-0.39, 0.29) is 18.5 Å². The molecule has 9 heavy (non-hydrogen) atoms. The lowest BCUT2D eigenvalue weighted by Crippen LogP contribution is -2.21. The Balaban J connectivity index is 0.000000640. The SMILES string of the molecule is CO[C@@H]1CNC[C@H]1F.Cl. The predicted octanol–water partition coefficient (Wildman–Crippen LogP) is 0.365. The van der Waals surface area contributed by atoms with Crippen molar-refractivity contribution in [2.75, 3.05) is 20.2 Å². The summed E-state index contributed by atoms with van der Waals surface area (Å²) in [7, 11) is 1.53. The van der Waals surface area contributed by atoms with Gasteiger partial charge in [-0.05, 0) is 0 Å². The largest absolute Gasteiger partial charge is 0.377 e. The van der Waals surface area contributed by atoms with E-state index in [2.05, 4.69) is 5.32 Å². The van der Waals surface area contributed by atoms with E-state index in [1.54, 1.807) is 0 Å². The number of rotatable bonds is 1. The van der Waals surface area contributed by atoms with Crippen LogP contribution in [0.25, 0.3) is 0 Å². The molecule has 0 saturated carbocycles. The van der Waals surface area contributed by atoms with Crippen molar-refractivity contribution in [3.8, 4) is 0 Å². The Labute approximate surface area is 60.2 Å². The standard InChI is InChI=1S/C5H10FNO.ClH/c1-8-5-3-7-2-4(5)6;/h4-5,7H,2-3H2,1H3;1H/t4-,5-;/m1./s1. The van der Waals surface area contributed by atoms with Gasteiger partial charge in [-0.25, -0.2) is 4.39 Å². The van der Waals surface area contributed by atoms with E-state index in [9.17, 15) is 4.39 Å². The lowest BCUT2D eigenvalue weighted by molar-refractivity contribution is 0.0647. The zero-order valence-electron chi connectivity index (χ0n) is 5.26. The van der Waals surface area contributed by atoms with Crippen LogP contribution in [0.5, 0.6) is 0 Å². The van der Waals surface area contributed by atoms with Crippen molar-refractivity contribution >= 4 is 12.4 Å². The maximum absolute atomic E-state index is 12.4. The van der Waals surface area contributed by atoms with Gasteiger partial charge in [-0.2, -0.15) is 0 Å². The fourth-order valence-electron chi connectivity index (χ4n) is 0.854. The molecule has 1 N–H and O–H groups in total. The first-order chi connectivity index (χ1) is 3.84. The Kier molecular flexibility index (Phi) is 4.10. The molecule has 0 aromatic heterocycles. The summed E-state index contributed by atoms with van der Waals surface area (Å²) in [6, 6.07) is 0. The smallest absolute Gasteiger partial charge is 0.140 e. The number of methoxy groups -OCH3 is 1. The fourth-order valence-corrected chi connectivity index (χ4v) is 0.854. The van der Waals surface area contributed by atoms with E-state index in [0.29, 0.717) is 13.1 Å². The first-order valence-electron chi connectivity index (χ1n) is 2.72. The zero-order chi connectivity index (χ0) is 5.98. The van der Waals surface area contributed by atoms with Gasteiger partial charge in [-0.3, -0.25) is 0 Å². The summed E-state index contributed by atoms with van der Waals surface area (Å²) >= 11 is 0. The van der Waals surface area contributed by atoms with Gasteiger partial charge >= 0.3 is 0 Å². The molecule has 1 fully saturated rings. The second-order valence-electron chi connectivity index (χ2n) is 1.95. The summed E-state index contributed by atoms with van der Waals surface area (Å²) in [5, 5.41) is 2.87. The summed E-state index contributed by atoms with van der Waals surface area (Å²) in [4.78, 5) is 0. The van der Waals surface area contributed by atoms with E-state index in [4.69, 9.17) is 4.74 Å². The third-order valence-electron chi connectivity index (χ3n) is 1.39. The van der Waals surface area contributed by atoms with E-state index in [0.717, 1.165) is 0 Å². The molecule has 2 atom stereocenters. The van der Waals surface area contributed by atoms with Gasteiger partial charge in [0.25, 0.3) is 0 Å². The van der Waals surface area contributed by atoms with Gasteiger partial charge in [0, 0.05) is 20.2 Å². The number of hydrogen-bond donors (Lipinski definition) is 1. The zero-order valence-corrected chi connectivity index (χ0v) is 6.08. The molecule has 1 aliphatic rings. The second-order valence-corrected chi connectivity index (χ2v) is 1.95. The molecular weight excluding hydrogens is 145 g/mol. The Hall–Kier alpha value is 0.140. The molecule has 0 aromatic carbocycles. The third-order valence-corrected chi connectivity index (χ3v) is 1.39. The third kappa shape index (κ3) is 2.08. The lowest BCUT2D eigenvalue weighted by Gasteiger charge is -2.06. The summed E-state index contributed by atoms with van der Waals surface area (Å²) in [6.07, 6.45) is -1.02. The molecule has 2 nitrogen and oxygen atoms in total. The molecule has 0 amide bonds. The molecule has 1 heterocycles. The average Bonchev–Trinajstić information content (AvgIpc) is 2.14. The molecule has 56 valence electrons. The van der Waals surface area contributed by atoms with Gasteiger partial charge in [0.05, 0.1) is 0 Å². The summed E-state index contributed by atoms with van der Waals surface area (Å²) in [5.41, 5.74) is 0. The number of nitrogens with one attached hydrogen (secondary N) is 1. The van der Waals surface area contributed by atoms with Crippen molar-refractivity contribution in [2.24, 2.45) is 0 Å². The minimum atomic E-state index is -0.806. The highest BCUT2D eigenvalue weighted by Gasteiger charge is 2.25. The monoisotopic (exact) mass is 155 g/mol. The van der Waals surface area contributed by atoms with Crippen molar-refractivity contribution in [3.63, 3.8) is 0 Å². The topological polar surface area (TPSA) is 21.3 Å². The van der Waals surface area contributed by atoms with Crippen LogP contribution in [-0.2, 0) is 4.74 Å². The van der Waals surface area contributed by atoms with Crippen LogP contribution >= 0.6 is 12.4 Å². The predicted molar refractivity (Wildman–Crippen MR) is 35.8 cm³/mol. The molecule has 0 spiro atoms. The van der Waals surface area contributed by atoms with Crippen LogP contribution in [0, 0.1) is 0 Å². The Morgan fingerprint density at radius 3 is 2.44 bits per heavy atom. The quantitative estimate of drug-likeness (QED) is 0.591. The first kappa shape index (κ1) is 9.14. The summed E-state index contributed by atoms with van der Waals surface area (Å²) in [6.45, 7) is 1.09. The van der Waals surface area contributed by atoms with Crippen LogP contribution in [0.3, 0.4) is 0 Å². The van der Waals surface area contributed by atoms with Crippen molar-refractivity contribution in [3.05, 3.63) is 0 Å². The van der Waals surface area contributed by atoms with Gasteiger partial charge in [-0.1, -0.05) is 0 Å². The number of hydrogen-bond acceptors (Lipinski definition) is 2. The molecule has 0 bridgehead atoms. The maximum Gasteiger partial charge on any atom is 0.140 e. The molecule has 0 aromatic rings. The summed E-state index contributed by atoms with van der Waals surface area (Å²) < 4.78 is 17.2. The Bertz CT molecular complexity index is 83.4. The highest BCUT2D eigenvalue weighted by atomic mass is 35.5. The fraction of sp³-hybridized carbons (Fsp3) is 1.00.